The summed E-state index contributed by atoms with van der Waals surface area (Å²) in [5.74, 6) is 1.53. The fourth-order valence-corrected chi connectivity index (χ4v) is 5.04. The number of imidazole rings is 1. The largest absolute Gasteiger partial charge is 0.497 e. The quantitative estimate of drug-likeness (QED) is 0.265. The first-order valence-corrected chi connectivity index (χ1v) is 13.8. The van der Waals surface area contributed by atoms with Gasteiger partial charge in [-0.05, 0) is 65.1 Å². The molecular weight excluding hydrogens is 514 g/mol. The van der Waals surface area contributed by atoms with Gasteiger partial charge in [0.25, 0.3) is 15.9 Å². The third-order valence-electron chi connectivity index (χ3n) is 6.23. The minimum absolute atomic E-state index is 0.0485. The Morgan fingerprint density at radius 2 is 1.64 bits per heavy atom. The fourth-order valence-electron chi connectivity index (χ4n) is 3.98. The number of aromatic nitrogens is 4. The predicted octanol–water partition coefficient (Wildman–Crippen LogP) is 5.76. The molecule has 2 heterocycles. The van der Waals surface area contributed by atoms with Crippen molar-refractivity contribution in [3.63, 3.8) is 0 Å². The maximum Gasteiger partial charge on any atom is 0.278 e. The van der Waals surface area contributed by atoms with Gasteiger partial charge in [0.1, 0.15) is 11.4 Å². The molecule has 0 bridgehead atoms. The summed E-state index contributed by atoms with van der Waals surface area (Å²) < 4.78 is 40.8. The lowest BCUT2D eigenvalue weighted by atomic mass is 9.87. The van der Waals surface area contributed by atoms with Crippen LogP contribution in [0.15, 0.2) is 94.7 Å². The first-order chi connectivity index (χ1) is 18.6. The van der Waals surface area contributed by atoms with Gasteiger partial charge in [0.15, 0.2) is 0 Å². The second kappa shape index (κ2) is 10.4. The van der Waals surface area contributed by atoms with Crippen LogP contribution in [0.3, 0.4) is 0 Å². The average molecular weight is 544 g/mol. The Hall–Kier alpha value is -4.44. The lowest BCUT2D eigenvalue weighted by Gasteiger charge is -2.19. The van der Waals surface area contributed by atoms with Gasteiger partial charge in [0, 0.05) is 24.0 Å². The fraction of sp³-hybridized carbons (Fsp3) is 0.207. The van der Waals surface area contributed by atoms with Crippen LogP contribution in [-0.2, 0) is 22.0 Å². The van der Waals surface area contributed by atoms with Gasteiger partial charge < -0.3 is 13.8 Å². The Balaban J connectivity index is 1.23. The maximum absolute atomic E-state index is 12.8. The second-order valence-electron chi connectivity index (χ2n) is 10.2. The van der Waals surface area contributed by atoms with E-state index in [0.29, 0.717) is 29.6 Å². The van der Waals surface area contributed by atoms with Gasteiger partial charge >= 0.3 is 0 Å². The third kappa shape index (κ3) is 6.01. The molecule has 0 radical (unpaired) electrons. The first-order valence-electron chi connectivity index (χ1n) is 12.3. The summed E-state index contributed by atoms with van der Waals surface area (Å²) in [5, 5.41) is 4.05. The zero-order valence-corrected chi connectivity index (χ0v) is 22.9. The summed E-state index contributed by atoms with van der Waals surface area (Å²) >= 11 is 0. The van der Waals surface area contributed by atoms with Crippen molar-refractivity contribution in [1.82, 2.24) is 19.7 Å². The van der Waals surface area contributed by atoms with Gasteiger partial charge in [-0.3, -0.25) is 4.72 Å². The molecule has 0 saturated carbocycles. The van der Waals surface area contributed by atoms with E-state index >= 15 is 0 Å². The average Bonchev–Trinajstić information content (AvgIpc) is 3.59. The molecule has 0 spiro atoms. The number of hydrogen-bond acceptors (Lipinski definition) is 7. The Morgan fingerprint density at radius 1 is 0.949 bits per heavy atom. The van der Waals surface area contributed by atoms with Gasteiger partial charge in [0.2, 0.25) is 5.82 Å². The molecule has 0 amide bonds. The summed E-state index contributed by atoms with van der Waals surface area (Å²) in [7, 11) is -2.08. The molecule has 1 N–H and O–H groups in total. The van der Waals surface area contributed by atoms with Crippen molar-refractivity contribution in [1.29, 1.82) is 0 Å². The van der Waals surface area contributed by atoms with Gasteiger partial charge in [-0.15, -0.1) is 0 Å². The molecule has 0 aliphatic heterocycles. The molecule has 10 heteroatoms. The van der Waals surface area contributed by atoms with E-state index in [9.17, 15) is 8.42 Å². The minimum atomic E-state index is -3.69. The molecule has 5 aromatic rings. The van der Waals surface area contributed by atoms with E-state index in [1.165, 1.54) is 0 Å². The first kappa shape index (κ1) is 26.2. The molecule has 200 valence electrons. The lowest BCUT2D eigenvalue weighted by molar-refractivity contribution is 0.414. The predicted molar refractivity (Wildman–Crippen MR) is 149 cm³/mol. The number of rotatable bonds is 8. The molecule has 0 aliphatic rings. The Labute approximate surface area is 227 Å². The van der Waals surface area contributed by atoms with Crippen LogP contribution in [0, 0.1) is 0 Å². The second-order valence-corrected chi connectivity index (χ2v) is 11.8. The summed E-state index contributed by atoms with van der Waals surface area (Å²) in [6.07, 6.45) is 3.51. The van der Waals surface area contributed by atoms with Crippen molar-refractivity contribution in [2.75, 3.05) is 11.8 Å². The van der Waals surface area contributed by atoms with Crippen LogP contribution in [0.25, 0.3) is 23.0 Å². The number of hydrogen-bond donors (Lipinski definition) is 1. The van der Waals surface area contributed by atoms with E-state index < -0.39 is 10.0 Å². The van der Waals surface area contributed by atoms with Crippen LogP contribution in [0.1, 0.15) is 31.9 Å². The van der Waals surface area contributed by atoms with Crippen LogP contribution in [0.5, 0.6) is 5.75 Å². The van der Waals surface area contributed by atoms with E-state index in [2.05, 4.69) is 40.6 Å². The molecule has 2 aromatic heterocycles. The van der Waals surface area contributed by atoms with Crippen molar-refractivity contribution in [2.24, 2.45) is 0 Å². The van der Waals surface area contributed by atoms with E-state index in [-0.39, 0.29) is 10.3 Å². The van der Waals surface area contributed by atoms with E-state index in [1.54, 1.807) is 37.7 Å². The lowest BCUT2D eigenvalue weighted by Crippen LogP contribution is -2.15. The summed E-state index contributed by atoms with van der Waals surface area (Å²) in [6, 6.07) is 21.6. The number of nitrogens with zero attached hydrogens (tertiary/aromatic N) is 4. The topological polar surface area (TPSA) is 112 Å². The normalized spacial score (nSPS) is 11.9. The third-order valence-corrected chi connectivity index (χ3v) is 7.63. The Morgan fingerprint density at radius 3 is 2.28 bits per heavy atom. The molecule has 0 atom stereocenters. The monoisotopic (exact) mass is 543 g/mol. The van der Waals surface area contributed by atoms with Crippen molar-refractivity contribution in [3.05, 3.63) is 96.4 Å². The van der Waals surface area contributed by atoms with Gasteiger partial charge in [-0.2, -0.15) is 4.98 Å². The molecule has 3 aromatic carbocycles. The highest BCUT2D eigenvalue weighted by atomic mass is 32.2. The minimum Gasteiger partial charge on any atom is -0.497 e. The van der Waals surface area contributed by atoms with Crippen molar-refractivity contribution >= 4 is 15.7 Å². The molecule has 0 fully saturated rings. The smallest absolute Gasteiger partial charge is 0.278 e. The SMILES string of the molecule is COc1ccc(-c2noc(-c3cn(Cc4ccc(NS(=O)(=O)c5ccc(C(C)(C)C)cc5)cc4)cn3)n2)cc1. The molecule has 0 aliphatic carbocycles. The van der Waals surface area contributed by atoms with Crippen molar-refractivity contribution < 1.29 is 17.7 Å². The van der Waals surface area contributed by atoms with Crippen LogP contribution < -0.4 is 9.46 Å². The van der Waals surface area contributed by atoms with Gasteiger partial charge in [0.05, 0.1) is 18.3 Å². The van der Waals surface area contributed by atoms with Crippen LogP contribution in [-0.4, -0.2) is 35.2 Å². The zero-order chi connectivity index (χ0) is 27.6. The molecule has 0 saturated heterocycles. The number of benzene rings is 3. The van der Waals surface area contributed by atoms with E-state index in [0.717, 1.165) is 22.4 Å². The summed E-state index contributed by atoms with van der Waals surface area (Å²) in [6.45, 7) is 6.80. The highest BCUT2D eigenvalue weighted by Crippen LogP contribution is 2.25. The highest BCUT2D eigenvalue weighted by molar-refractivity contribution is 7.92. The molecule has 9 nitrogen and oxygen atoms in total. The number of methoxy groups -OCH3 is 1. The van der Waals surface area contributed by atoms with Crippen molar-refractivity contribution in [3.8, 4) is 28.7 Å². The van der Waals surface area contributed by atoms with Crippen LogP contribution >= 0.6 is 0 Å². The van der Waals surface area contributed by atoms with Gasteiger partial charge in [-0.1, -0.05) is 50.2 Å². The van der Waals surface area contributed by atoms with E-state index in [4.69, 9.17) is 9.26 Å². The number of anilines is 1. The summed E-state index contributed by atoms with van der Waals surface area (Å²) in [5.41, 5.74) is 3.85. The Kier molecular flexibility index (Phi) is 6.96. The van der Waals surface area contributed by atoms with Gasteiger partial charge in [-0.25, -0.2) is 13.4 Å². The van der Waals surface area contributed by atoms with E-state index in [1.807, 2.05) is 59.3 Å². The molecular formula is C29H29N5O4S. The Bertz CT molecular complexity index is 1670. The summed E-state index contributed by atoms with van der Waals surface area (Å²) in [4.78, 5) is 9.07. The van der Waals surface area contributed by atoms with Crippen LogP contribution in [0.4, 0.5) is 5.69 Å². The number of sulfonamides is 1. The number of nitrogens with one attached hydrogen (secondary N) is 1. The molecule has 39 heavy (non-hydrogen) atoms. The number of ether oxygens (including phenoxy) is 1. The standard InChI is InChI=1S/C29H29N5O4S/c1-29(2,3)22-9-15-25(16-10-22)39(35,36)33-23-11-5-20(6-12-23)17-34-18-26(30-19-34)28-31-27(32-38-28)21-7-13-24(37-4)14-8-21/h5-16,18-19,33H,17H2,1-4H3. The zero-order valence-electron chi connectivity index (χ0n) is 22.1. The maximum atomic E-state index is 12.8. The van der Waals surface area contributed by atoms with Crippen molar-refractivity contribution in [2.45, 2.75) is 37.6 Å². The van der Waals surface area contributed by atoms with Crippen LogP contribution in [0.2, 0.25) is 0 Å². The molecule has 5 rings (SSSR count). The highest BCUT2D eigenvalue weighted by Gasteiger charge is 2.18. The molecule has 0 unspecified atom stereocenters.